The molecule has 0 spiro atoms. The molecule has 3 aromatic heterocycles. The lowest BCUT2D eigenvalue weighted by Crippen LogP contribution is -2.40. The first-order chi connectivity index (χ1) is 15.6. The maximum atomic E-state index is 12.6. The average molecular weight is 469 g/mol. The summed E-state index contributed by atoms with van der Waals surface area (Å²) >= 11 is 1.42. The summed E-state index contributed by atoms with van der Waals surface area (Å²) in [5.74, 6) is 0.804. The molecule has 0 aliphatic carbocycles. The van der Waals surface area contributed by atoms with Crippen LogP contribution in [0.25, 0.3) is 10.6 Å². The molecule has 174 valence electrons. The van der Waals surface area contributed by atoms with Crippen LogP contribution < -0.4 is 10.6 Å². The Morgan fingerprint density at radius 3 is 2.42 bits per heavy atom. The van der Waals surface area contributed by atoms with Gasteiger partial charge in [-0.3, -0.25) is 20.5 Å². The Morgan fingerprint density at radius 1 is 1.06 bits per heavy atom. The van der Waals surface area contributed by atoms with Crippen molar-refractivity contribution in [1.82, 2.24) is 19.9 Å². The Morgan fingerprint density at radius 2 is 1.76 bits per heavy atom. The van der Waals surface area contributed by atoms with E-state index in [0.29, 0.717) is 17.3 Å². The molecule has 9 nitrogen and oxygen atoms in total. The summed E-state index contributed by atoms with van der Waals surface area (Å²) in [6.45, 7) is 9.56. The zero-order valence-electron chi connectivity index (χ0n) is 19.3. The minimum absolute atomic E-state index is 0.0826. The van der Waals surface area contributed by atoms with Crippen LogP contribution in [0.5, 0.6) is 0 Å². The van der Waals surface area contributed by atoms with Crippen molar-refractivity contribution >= 4 is 35.1 Å². The fourth-order valence-corrected chi connectivity index (χ4v) is 3.57. The summed E-state index contributed by atoms with van der Waals surface area (Å²) < 4.78 is 5.50. The fourth-order valence-electron chi connectivity index (χ4n) is 2.81. The van der Waals surface area contributed by atoms with Crippen LogP contribution in [0.3, 0.4) is 0 Å². The molecular weight excluding hydrogens is 440 g/mol. The van der Waals surface area contributed by atoms with E-state index < -0.39 is 17.7 Å². The first kappa shape index (κ1) is 24.1. The van der Waals surface area contributed by atoms with Gasteiger partial charge in [-0.15, -0.1) is 11.3 Å². The van der Waals surface area contributed by atoms with Gasteiger partial charge in [-0.05, 0) is 58.9 Å². The van der Waals surface area contributed by atoms with Crippen LogP contribution in [0, 0.1) is 0 Å². The number of aromatic nitrogens is 3. The molecule has 0 aliphatic heterocycles. The number of pyridine rings is 2. The number of hydrogen-bond donors (Lipinski definition) is 2. The smallest absolute Gasteiger partial charge is 0.410 e. The first-order valence-corrected chi connectivity index (χ1v) is 11.4. The van der Waals surface area contributed by atoms with Gasteiger partial charge >= 0.3 is 12.1 Å². The third-order valence-electron chi connectivity index (χ3n) is 4.31. The van der Waals surface area contributed by atoms with Gasteiger partial charge in [-0.1, -0.05) is 6.07 Å². The Bertz CT molecular complexity index is 1090. The molecule has 33 heavy (non-hydrogen) atoms. The quantitative estimate of drug-likeness (QED) is 0.502. The van der Waals surface area contributed by atoms with E-state index in [9.17, 15) is 9.59 Å². The van der Waals surface area contributed by atoms with Crippen molar-refractivity contribution in [3.05, 3.63) is 53.8 Å². The van der Waals surface area contributed by atoms with Crippen molar-refractivity contribution in [2.75, 3.05) is 10.6 Å². The number of nitrogens with zero attached hydrogens (tertiary/aromatic N) is 4. The number of thiazole rings is 1. The SMILES string of the molecule is CC(C)N(Cc1cccc(NC(=O)Nc2csc(-c3ccncc3)n2)n1)C(=O)OC(C)(C)C. The second kappa shape index (κ2) is 10.4. The van der Waals surface area contributed by atoms with Crippen LogP contribution in [-0.4, -0.2) is 43.6 Å². The number of hydrogen-bond acceptors (Lipinski definition) is 7. The largest absolute Gasteiger partial charge is 0.444 e. The van der Waals surface area contributed by atoms with Gasteiger partial charge in [0.2, 0.25) is 0 Å². The Labute approximate surface area is 197 Å². The number of ether oxygens (including phenoxy) is 1. The van der Waals surface area contributed by atoms with Gasteiger partial charge < -0.3 is 4.74 Å². The van der Waals surface area contributed by atoms with Gasteiger partial charge in [-0.2, -0.15) is 0 Å². The second-order valence-electron chi connectivity index (χ2n) is 8.57. The Balaban J connectivity index is 1.63. The van der Waals surface area contributed by atoms with Crippen LogP contribution >= 0.6 is 11.3 Å². The molecule has 3 heterocycles. The van der Waals surface area contributed by atoms with Gasteiger partial charge in [0.1, 0.15) is 22.2 Å². The number of urea groups is 1. The number of carbonyl (C=O) groups excluding carboxylic acids is 2. The summed E-state index contributed by atoms with van der Waals surface area (Å²) in [6.07, 6.45) is 2.97. The number of carbonyl (C=O) groups is 2. The summed E-state index contributed by atoms with van der Waals surface area (Å²) in [4.78, 5) is 39.5. The maximum absolute atomic E-state index is 12.6. The molecule has 3 rings (SSSR count). The highest BCUT2D eigenvalue weighted by atomic mass is 32.1. The van der Waals surface area contributed by atoms with Gasteiger partial charge in [-0.25, -0.2) is 19.6 Å². The van der Waals surface area contributed by atoms with E-state index in [-0.39, 0.29) is 12.6 Å². The van der Waals surface area contributed by atoms with Crippen LogP contribution in [-0.2, 0) is 11.3 Å². The number of nitrogens with one attached hydrogen (secondary N) is 2. The summed E-state index contributed by atoms with van der Waals surface area (Å²) in [5.41, 5.74) is 0.963. The first-order valence-electron chi connectivity index (χ1n) is 10.5. The predicted octanol–water partition coefficient (Wildman–Crippen LogP) is 5.39. The van der Waals surface area contributed by atoms with Gasteiger partial charge in [0.25, 0.3) is 0 Å². The minimum Gasteiger partial charge on any atom is -0.444 e. The average Bonchev–Trinajstić information content (AvgIpc) is 3.19. The monoisotopic (exact) mass is 468 g/mol. The lowest BCUT2D eigenvalue weighted by molar-refractivity contribution is 0.0169. The van der Waals surface area contributed by atoms with Crippen LogP contribution in [0.2, 0.25) is 0 Å². The molecule has 0 fully saturated rings. The van der Waals surface area contributed by atoms with Gasteiger partial charge in [0.05, 0.1) is 12.2 Å². The molecule has 0 aliphatic rings. The summed E-state index contributed by atoms with van der Waals surface area (Å²) in [5, 5.41) is 7.97. The molecule has 0 bridgehead atoms. The van der Waals surface area contributed by atoms with Crippen molar-refractivity contribution in [1.29, 1.82) is 0 Å². The van der Waals surface area contributed by atoms with Gasteiger partial charge in [0, 0.05) is 29.4 Å². The number of anilines is 2. The van der Waals surface area contributed by atoms with Gasteiger partial charge in [0.15, 0.2) is 0 Å². The van der Waals surface area contributed by atoms with Crippen LogP contribution in [0.1, 0.15) is 40.3 Å². The zero-order chi connectivity index (χ0) is 24.0. The highest BCUT2D eigenvalue weighted by Crippen LogP contribution is 2.25. The molecule has 10 heteroatoms. The van der Waals surface area contributed by atoms with E-state index in [1.54, 1.807) is 40.9 Å². The van der Waals surface area contributed by atoms with Crippen LogP contribution in [0.15, 0.2) is 48.1 Å². The molecule has 3 amide bonds. The zero-order valence-corrected chi connectivity index (χ0v) is 20.1. The molecule has 2 N–H and O–H groups in total. The van der Waals surface area contributed by atoms with Crippen molar-refractivity contribution in [2.24, 2.45) is 0 Å². The molecule has 0 saturated carbocycles. The Hall–Kier alpha value is -3.53. The van der Waals surface area contributed by atoms with E-state index in [1.165, 1.54) is 11.3 Å². The standard InChI is InChI=1S/C23H28N6O3S/c1-15(2)29(22(31)32-23(3,4)5)13-17-7-6-8-18(25-17)27-21(30)28-19-14-33-20(26-19)16-9-11-24-12-10-16/h6-12,14-15H,13H2,1-5H3,(H2,25,27,28,30). The lowest BCUT2D eigenvalue weighted by Gasteiger charge is -2.30. The highest BCUT2D eigenvalue weighted by molar-refractivity contribution is 7.13. The van der Waals surface area contributed by atoms with Crippen molar-refractivity contribution < 1.29 is 14.3 Å². The van der Waals surface area contributed by atoms with E-state index in [0.717, 1.165) is 10.6 Å². The lowest BCUT2D eigenvalue weighted by atomic mass is 10.2. The highest BCUT2D eigenvalue weighted by Gasteiger charge is 2.24. The fraction of sp³-hybridized carbons (Fsp3) is 0.348. The molecular formula is C23H28N6O3S. The molecule has 3 aromatic rings. The molecule has 0 radical (unpaired) electrons. The third kappa shape index (κ3) is 7.25. The number of amides is 3. The van der Waals surface area contributed by atoms with E-state index in [1.807, 2.05) is 46.8 Å². The normalized spacial score (nSPS) is 11.2. The molecule has 0 aromatic carbocycles. The molecule has 0 saturated heterocycles. The second-order valence-corrected chi connectivity index (χ2v) is 9.43. The third-order valence-corrected chi connectivity index (χ3v) is 5.20. The van der Waals surface area contributed by atoms with Crippen molar-refractivity contribution in [3.8, 4) is 10.6 Å². The van der Waals surface area contributed by atoms with Crippen molar-refractivity contribution in [2.45, 2.75) is 52.8 Å². The number of rotatable bonds is 6. The van der Waals surface area contributed by atoms with Crippen molar-refractivity contribution in [3.63, 3.8) is 0 Å². The van der Waals surface area contributed by atoms with E-state index in [2.05, 4.69) is 25.6 Å². The molecule has 0 atom stereocenters. The maximum Gasteiger partial charge on any atom is 0.410 e. The minimum atomic E-state index is -0.591. The van der Waals surface area contributed by atoms with E-state index in [4.69, 9.17) is 4.74 Å². The summed E-state index contributed by atoms with van der Waals surface area (Å²) in [7, 11) is 0. The van der Waals surface area contributed by atoms with Crippen LogP contribution in [0.4, 0.5) is 21.2 Å². The topological polar surface area (TPSA) is 109 Å². The van der Waals surface area contributed by atoms with E-state index >= 15 is 0 Å². The summed E-state index contributed by atoms with van der Waals surface area (Å²) in [6, 6.07) is 8.42. The molecule has 0 unspecified atom stereocenters. The predicted molar refractivity (Wildman–Crippen MR) is 129 cm³/mol. The Kier molecular flexibility index (Phi) is 7.59.